The van der Waals surface area contributed by atoms with Crippen molar-refractivity contribution in [3.8, 4) is 0 Å². The number of para-hydroxylation sites is 1. The lowest BCUT2D eigenvalue weighted by Gasteiger charge is -2.43. The first-order chi connectivity index (χ1) is 12.2. The Labute approximate surface area is 150 Å². The highest BCUT2D eigenvalue weighted by Gasteiger charge is 2.59. The maximum absolute atomic E-state index is 12.9. The third-order valence-corrected chi connectivity index (χ3v) is 6.56. The van der Waals surface area contributed by atoms with E-state index in [1.807, 2.05) is 46.7 Å². The van der Waals surface area contributed by atoms with Crippen LogP contribution in [0.3, 0.4) is 0 Å². The Bertz CT molecular complexity index is 850. The van der Waals surface area contributed by atoms with Crippen LogP contribution in [-0.4, -0.2) is 34.5 Å². The predicted octanol–water partition coefficient (Wildman–Crippen LogP) is 2.61. The van der Waals surface area contributed by atoms with Gasteiger partial charge < -0.3 is 15.5 Å². The largest absolute Gasteiger partial charge is 0.360 e. The summed E-state index contributed by atoms with van der Waals surface area (Å²) < 4.78 is 0. The number of hydrogen-bond acceptors (Lipinski definition) is 4. The molecule has 2 bridgehead atoms. The first-order valence-electron chi connectivity index (χ1n) is 8.69. The van der Waals surface area contributed by atoms with Crippen molar-refractivity contribution in [2.24, 2.45) is 0 Å². The molecule has 3 aliphatic heterocycles. The van der Waals surface area contributed by atoms with Crippen molar-refractivity contribution >= 4 is 28.8 Å². The summed E-state index contributed by atoms with van der Waals surface area (Å²) in [5.41, 5.74) is 1.01. The fraction of sp³-hybridized carbons (Fsp3) is 0.368. The molecular formula is C19H19N3O2S. The normalized spacial score (nSPS) is 29.4. The minimum absolute atomic E-state index is 0.0160. The molecule has 0 aliphatic carbocycles. The van der Waals surface area contributed by atoms with Gasteiger partial charge in [0.05, 0.1) is 18.0 Å². The SMILES string of the molecule is O=C1N[C@@]2(C[C@H]3CC[C@@H]2N3C(=O)Cc2cccs2)Nc2ccccc21. The van der Waals surface area contributed by atoms with E-state index in [-0.39, 0.29) is 23.9 Å². The maximum Gasteiger partial charge on any atom is 0.255 e. The van der Waals surface area contributed by atoms with Gasteiger partial charge in [-0.1, -0.05) is 18.2 Å². The molecule has 0 radical (unpaired) electrons. The average molecular weight is 353 g/mol. The van der Waals surface area contributed by atoms with E-state index in [9.17, 15) is 9.59 Å². The lowest BCUT2D eigenvalue weighted by Crippen LogP contribution is -2.64. The number of amides is 2. The highest BCUT2D eigenvalue weighted by atomic mass is 32.1. The Morgan fingerprint density at radius 2 is 2.08 bits per heavy atom. The fourth-order valence-electron chi connectivity index (χ4n) is 4.71. The van der Waals surface area contributed by atoms with Gasteiger partial charge in [-0.25, -0.2) is 0 Å². The van der Waals surface area contributed by atoms with E-state index in [1.54, 1.807) is 11.3 Å². The van der Waals surface area contributed by atoms with Crippen LogP contribution < -0.4 is 10.6 Å². The molecule has 4 heterocycles. The summed E-state index contributed by atoms with van der Waals surface area (Å²) >= 11 is 1.62. The first-order valence-corrected chi connectivity index (χ1v) is 9.57. The summed E-state index contributed by atoms with van der Waals surface area (Å²) in [6.07, 6.45) is 3.16. The fourth-order valence-corrected chi connectivity index (χ4v) is 5.40. The molecule has 2 saturated heterocycles. The number of nitrogens with one attached hydrogen (secondary N) is 2. The van der Waals surface area contributed by atoms with Crippen molar-refractivity contribution in [1.29, 1.82) is 0 Å². The van der Waals surface area contributed by atoms with Gasteiger partial charge in [-0.2, -0.15) is 0 Å². The van der Waals surface area contributed by atoms with E-state index in [4.69, 9.17) is 0 Å². The van der Waals surface area contributed by atoms with Crippen molar-refractivity contribution in [2.45, 2.75) is 43.4 Å². The van der Waals surface area contributed by atoms with E-state index in [1.165, 1.54) is 0 Å². The Balaban J connectivity index is 1.44. The minimum atomic E-state index is -0.528. The van der Waals surface area contributed by atoms with Crippen LogP contribution >= 0.6 is 11.3 Å². The number of nitrogens with zero attached hydrogens (tertiary/aromatic N) is 1. The Morgan fingerprint density at radius 3 is 2.92 bits per heavy atom. The van der Waals surface area contributed by atoms with Crippen molar-refractivity contribution in [2.75, 3.05) is 5.32 Å². The van der Waals surface area contributed by atoms with Crippen LogP contribution in [0.2, 0.25) is 0 Å². The van der Waals surface area contributed by atoms with Gasteiger partial charge in [-0.3, -0.25) is 9.59 Å². The van der Waals surface area contributed by atoms with Crippen molar-refractivity contribution in [1.82, 2.24) is 10.2 Å². The lowest BCUT2D eigenvalue weighted by molar-refractivity contribution is -0.132. The number of carbonyl (C=O) groups is 2. The van der Waals surface area contributed by atoms with Crippen LogP contribution in [0.1, 0.15) is 34.5 Å². The summed E-state index contributed by atoms with van der Waals surface area (Å²) in [5, 5.41) is 8.74. The van der Waals surface area contributed by atoms with Gasteiger partial charge in [0.15, 0.2) is 0 Å². The second-order valence-electron chi connectivity index (χ2n) is 7.10. The molecule has 25 heavy (non-hydrogen) atoms. The van der Waals surface area contributed by atoms with Crippen LogP contribution in [0.5, 0.6) is 0 Å². The predicted molar refractivity (Wildman–Crippen MR) is 96.6 cm³/mol. The van der Waals surface area contributed by atoms with E-state index in [0.29, 0.717) is 12.0 Å². The van der Waals surface area contributed by atoms with Gasteiger partial charge in [-0.05, 0) is 36.4 Å². The maximum atomic E-state index is 12.9. The molecule has 3 aliphatic rings. The molecule has 2 fully saturated rings. The summed E-state index contributed by atoms with van der Waals surface area (Å²) in [5.74, 6) is 0.120. The molecule has 0 unspecified atom stereocenters. The molecule has 5 rings (SSSR count). The molecule has 1 aromatic carbocycles. The molecule has 0 saturated carbocycles. The minimum Gasteiger partial charge on any atom is -0.360 e. The second kappa shape index (κ2) is 5.33. The number of fused-ring (bicyclic) bond motifs is 4. The van der Waals surface area contributed by atoms with Crippen molar-refractivity contribution in [3.05, 3.63) is 52.2 Å². The standard InChI is InChI=1S/C19H19N3O2S/c23-17(10-13-4-3-9-25-13)22-12-7-8-16(22)19(11-12)20-15-6-2-1-5-14(15)18(24)21-19/h1-6,9,12,16,20H,7-8,10-11H2,(H,21,24)/t12-,16+,19-/m1/s1. The van der Waals surface area contributed by atoms with E-state index < -0.39 is 5.66 Å². The Kier molecular flexibility index (Phi) is 3.19. The summed E-state index contributed by atoms with van der Waals surface area (Å²) in [4.78, 5) is 28.6. The van der Waals surface area contributed by atoms with Crippen LogP contribution in [0.4, 0.5) is 5.69 Å². The molecule has 5 nitrogen and oxygen atoms in total. The number of thiophene rings is 1. The summed E-state index contributed by atoms with van der Waals surface area (Å²) in [7, 11) is 0. The third-order valence-electron chi connectivity index (χ3n) is 5.69. The number of anilines is 1. The quantitative estimate of drug-likeness (QED) is 0.872. The Hall–Kier alpha value is -2.34. The van der Waals surface area contributed by atoms with Gasteiger partial charge >= 0.3 is 0 Å². The molecular weight excluding hydrogens is 334 g/mol. The van der Waals surface area contributed by atoms with Crippen LogP contribution in [-0.2, 0) is 11.2 Å². The number of hydrogen-bond donors (Lipinski definition) is 2. The van der Waals surface area contributed by atoms with Crippen LogP contribution in [0.15, 0.2) is 41.8 Å². The number of rotatable bonds is 2. The molecule has 1 aromatic heterocycles. The molecule has 6 heteroatoms. The lowest BCUT2D eigenvalue weighted by atomic mass is 9.86. The van der Waals surface area contributed by atoms with Gasteiger partial charge in [-0.15, -0.1) is 11.3 Å². The monoisotopic (exact) mass is 353 g/mol. The van der Waals surface area contributed by atoms with Gasteiger partial charge in [0, 0.05) is 23.0 Å². The van der Waals surface area contributed by atoms with Crippen LogP contribution in [0.25, 0.3) is 0 Å². The molecule has 2 amide bonds. The summed E-state index contributed by atoms with van der Waals surface area (Å²) in [6, 6.07) is 11.8. The highest BCUT2D eigenvalue weighted by molar-refractivity contribution is 7.10. The molecule has 2 N–H and O–H groups in total. The second-order valence-corrected chi connectivity index (χ2v) is 8.14. The van der Waals surface area contributed by atoms with Gasteiger partial charge in [0.25, 0.3) is 5.91 Å². The third kappa shape index (κ3) is 2.20. The summed E-state index contributed by atoms with van der Waals surface area (Å²) in [6.45, 7) is 0. The van der Waals surface area contributed by atoms with Crippen LogP contribution in [0, 0.1) is 0 Å². The molecule has 3 atom stereocenters. The molecule has 2 aromatic rings. The molecule has 1 spiro atoms. The smallest absolute Gasteiger partial charge is 0.255 e. The number of benzene rings is 1. The molecule has 128 valence electrons. The average Bonchev–Trinajstić information content (AvgIpc) is 3.30. The van der Waals surface area contributed by atoms with E-state index >= 15 is 0 Å². The van der Waals surface area contributed by atoms with Crippen molar-refractivity contribution < 1.29 is 9.59 Å². The van der Waals surface area contributed by atoms with Crippen molar-refractivity contribution in [3.63, 3.8) is 0 Å². The van der Waals surface area contributed by atoms with Gasteiger partial charge in [0.2, 0.25) is 5.91 Å². The first kappa shape index (κ1) is 15.0. The zero-order valence-electron chi connectivity index (χ0n) is 13.7. The van der Waals surface area contributed by atoms with E-state index in [2.05, 4.69) is 10.6 Å². The highest BCUT2D eigenvalue weighted by Crippen LogP contribution is 2.46. The van der Waals surface area contributed by atoms with E-state index in [0.717, 1.165) is 29.8 Å². The Morgan fingerprint density at radius 1 is 1.20 bits per heavy atom. The topological polar surface area (TPSA) is 61.4 Å². The zero-order valence-corrected chi connectivity index (χ0v) is 14.5. The zero-order chi connectivity index (χ0) is 17.0. The van der Waals surface area contributed by atoms with Gasteiger partial charge in [0.1, 0.15) is 5.66 Å². The number of carbonyl (C=O) groups excluding carboxylic acids is 2.